The van der Waals surface area contributed by atoms with Crippen molar-refractivity contribution in [3.63, 3.8) is 0 Å². The Morgan fingerprint density at radius 3 is 2.90 bits per heavy atom. The van der Waals surface area contributed by atoms with Gasteiger partial charge in [-0.1, -0.05) is 11.8 Å². The maximum Gasteiger partial charge on any atom is 0.287 e. The number of hydrogen-bond donors (Lipinski definition) is 2. The molecule has 114 valence electrons. The van der Waals surface area contributed by atoms with E-state index in [1.165, 1.54) is 11.3 Å². The predicted octanol–water partition coefficient (Wildman–Crippen LogP) is 2.68. The minimum Gasteiger partial charge on any atom is -0.387 e. The molecule has 0 aliphatic rings. The van der Waals surface area contributed by atoms with Gasteiger partial charge < -0.3 is 10.1 Å². The number of alkyl halides is 2. The first-order valence-electron chi connectivity index (χ1n) is 6.00. The fourth-order valence-corrected chi connectivity index (χ4v) is 3.43. The summed E-state index contributed by atoms with van der Waals surface area (Å²) in [6.07, 6.45) is -0.704. The summed E-state index contributed by atoms with van der Waals surface area (Å²) in [5.41, 5.74) is 0.967. The Labute approximate surface area is 127 Å². The van der Waals surface area contributed by atoms with Gasteiger partial charge in [0.1, 0.15) is 5.69 Å². The van der Waals surface area contributed by atoms with Crippen molar-refractivity contribution in [2.45, 2.75) is 36.8 Å². The average molecular weight is 333 g/mol. The van der Waals surface area contributed by atoms with Crippen LogP contribution in [0.4, 0.5) is 8.78 Å². The number of halogens is 2. The zero-order chi connectivity index (χ0) is 15.6. The molecule has 0 saturated heterocycles. The molecule has 2 aromatic heterocycles. The molecular formula is C12H13F2N3O2S2. The maximum absolute atomic E-state index is 13.2. The van der Waals surface area contributed by atoms with Gasteiger partial charge in [-0.05, 0) is 6.92 Å². The molecule has 0 saturated carbocycles. The van der Waals surface area contributed by atoms with Gasteiger partial charge >= 0.3 is 0 Å². The van der Waals surface area contributed by atoms with Gasteiger partial charge in [0.15, 0.2) is 5.16 Å². The van der Waals surface area contributed by atoms with Gasteiger partial charge in [-0.3, -0.25) is 4.79 Å². The van der Waals surface area contributed by atoms with E-state index in [1.807, 2.05) is 0 Å². The van der Waals surface area contributed by atoms with E-state index in [0.717, 1.165) is 22.7 Å². The number of nitrogens with zero attached hydrogens (tertiary/aromatic N) is 2. The van der Waals surface area contributed by atoms with Gasteiger partial charge in [-0.15, -0.1) is 11.3 Å². The van der Waals surface area contributed by atoms with Crippen molar-refractivity contribution < 1.29 is 13.9 Å². The molecule has 21 heavy (non-hydrogen) atoms. The summed E-state index contributed by atoms with van der Waals surface area (Å²) in [6, 6.07) is 0.790. The lowest BCUT2D eigenvalue weighted by molar-refractivity contribution is 0.0118. The number of aromatic nitrogens is 3. The van der Waals surface area contributed by atoms with Gasteiger partial charge in [0, 0.05) is 23.6 Å². The molecule has 0 aliphatic heterocycles. The predicted molar refractivity (Wildman–Crippen MR) is 76.7 cm³/mol. The topological polar surface area (TPSA) is 78.9 Å². The second kappa shape index (κ2) is 6.20. The third kappa shape index (κ3) is 4.08. The average Bonchev–Trinajstić information content (AvgIpc) is 2.83. The molecule has 0 radical (unpaired) electrons. The summed E-state index contributed by atoms with van der Waals surface area (Å²) in [5.74, 6) is -2.79. The number of aromatic amines is 1. The standard InChI is InChI=1S/C12H13F2N3O2S2/c1-6(18)10-7(21-5-15-10)4-20-11-16-8(12(2,13)14)3-9(19)17-11/h3,5-6,18H,4H2,1-2H3,(H,16,17,19). The Bertz CT molecular complexity index is 680. The molecule has 1 atom stereocenters. The highest BCUT2D eigenvalue weighted by molar-refractivity contribution is 7.98. The number of H-pyrrole nitrogens is 1. The fourth-order valence-electron chi connectivity index (χ4n) is 1.59. The summed E-state index contributed by atoms with van der Waals surface area (Å²) < 4.78 is 26.5. The third-order valence-electron chi connectivity index (χ3n) is 2.58. The van der Waals surface area contributed by atoms with Crippen molar-refractivity contribution in [1.29, 1.82) is 0 Å². The molecule has 0 spiro atoms. The highest BCUT2D eigenvalue weighted by Gasteiger charge is 2.27. The molecule has 0 amide bonds. The molecule has 0 aliphatic carbocycles. The molecule has 0 bridgehead atoms. The first kappa shape index (κ1) is 16.1. The fraction of sp³-hybridized carbons (Fsp3) is 0.417. The van der Waals surface area contributed by atoms with Crippen LogP contribution in [-0.4, -0.2) is 20.1 Å². The van der Waals surface area contributed by atoms with Crippen LogP contribution in [0, 0.1) is 0 Å². The zero-order valence-electron chi connectivity index (χ0n) is 11.3. The molecule has 1 unspecified atom stereocenters. The maximum atomic E-state index is 13.2. The lowest BCUT2D eigenvalue weighted by Gasteiger charge is -2.10. The van der Waals surface area contributed by atoms with E-state index in [2.05, 4.69) is 15.0 Å². The van der Waals surface area contributed by atoms with Crippen molar-refractivity contribution in [3.05, 3.63) is 38.2 Å². The van der Waals surface area contributed by atoms with Crippen molar-refractivity contribution >= 4 is 23.1 Å². The lowest BCUT2D eigenvalue weighted by atomic mass is 10.2. The van der Waals surface area contributed by atoms with Crippen LogP contribution in [0.3, 0.4) is 0 Å². The largest absolute Gasteiger partial charge is 0.387 e. The summed E-state index contributed by atoms with van der Waals surface area (Å²) >= 11 is 2.46. The number of hydrogen-bond acceptors (Lipinski definition) is 6. The molecule has 0 fully saturated rings. The van der Waals surface area contributed by atoms with E-state index < -0.39 is 23.3 Å². The molecule has 2 heterocycles. The smallest absolute Gasteiger partial charge is 0.287 e. The summed E-state index contributed by atoms with van der Waals surface area (Å²) in [7, 11) is 0. The SMILES string of the molecule is CC(O)c1ncsc1CSc1nc(C(C)(F)F)cc(=O)[nH]1. The second-order valence-electron chi connectivity index (χ2n) is 4.45. The van der Waals surface area contributed by atoms with Crippen LogP contribution in [0.25, 0.3) is 0 Å². The number of thiazole rings is 1. The number of aliphatic hydroxyl groups excluding tert-OH is 1. The van der Waals surface area contributed by atoms with Gasteiger partial charge in [-0.2, -0.15) is 8.78 Å². The molecule has 2 rings (SSSR count). The Balaban J connectivity index is 2.19. The van der Waals surface area contributed by atoms with Crippen molar-refractivity contribution in [2.75, 3.05) is 0 Å². The van der Waals surface area contributed by atoms with Crippen LogP contribution in [0.2, 0.25) is 0 Å². The molecule has 5 nitrogen and oxygen atoms in total. The first-order valence-corrected chi connectivity index (χ1v) is 7.86. The van der Waals surface area contributed by atoms with Gasteiger partial charge in [0.25, 0.3) is 11.5 Å². The Morgan fingerprint density at radius 2 is 2.29 bits per heavy atom. The van der Waals surface area contributed by atoms with E-state index in [9.17, 15) is 18.7 Å². The summed E-state index contributed by atoms with van der Waals surface area (Å²) in [4.78, 5) is 22.4. The van der Waals surface area contributed by atoms with Gasteiger partial charge in [-0.25, -0.2) is 9.97 Å². The van der Waals surface area contributed by atoms with Crippen LogP contribution >= 0.6 is 23.1 Å². The molecule has 2 aromatic rings. The zero-order valence-corrected chi connectivity index (χ0v) is 12.9. The highest BCUT2D eigenvalue weighted by atomic mass is 32.2. The summed E-state index contributed by atoms with van der Waals surface area (Å²) in [6.45, 7) is 2.29. The Morgan fingerprint density at radius 1 is 1.57 bits per heavy atom. The highest BCUT2D eigenvalue weighted by Crippen LogP contribution is 2.29. The molecule has 0 aromatic carbocycles. The van der Waals surface area contributed by atoms with Crippen molar-refractivity contribution in [3.8, 4) is 0 Å². The van der Waals surface area contributed by atoms with E-state index in [-0.39, 0.29) is 5.16 Å². The second-order valence-corrected chi connectivity index (χ2v) is 6.35. The quantitative estimate of drug-likeness (QED) is 0.650. The monoisotopic (exact) mass is 333 g/mol. The lowest BCUT2D eigenvalue weighted by Crippen LogP contribution is -2.17. The van der Waals surface area contributed by atoms with Gasteiger partial charge in [0.2, 0.25) is 0 Å². The van der Waals surface area contributed by atoms with Crippen LogP contribution < -0.4 is 5.56 Å². The van der Waals surface area contributed by atoms with E-state index in [0.29, 0.717) is 18.4 Å². The van der Waals surface area contributed by atoms with Crippen LogP contribution in [0.15, 0.2) is 21.5 Å². The minimum absolute atomic E-state index is 0.115. The Hall–Kier alpha value is -1.32. The number of nitrogens with one attached hydrogen (secondary N) is 1. The van der Waals surface area contributed by atoms with Gasteiger partial charge in [0.05, 0.1) is 17.3 Å². The number of thioether (sulfide) groups is 1. The number of rotatable bonds is 5. The minimum atomic E-state index is -3.17. The van der Waals surface area contributed by atoms with Crippen LogP contribution in [-0.2, 0) is 11.7 Å². The van der Waals surface area contributed by atoms with E-state index >= 15 is 0 Å². The molecular weight excluding hydrogens is 320 g/mol. The van der Waals surface area contributed by atoms with Crippen LogP contribution in [0.1, 0.15) is 36.2 Å². The first-order chi connectivity index (χ1) is 9.77. The summed E-state index contributed by atoms with van der Waals surface area (Å²) in [5, 5.41) is 9.66. The van der Waals surface area contributed by atoms with E-state index in [4.69, 9.17) is 0 Å². The Kier molecular flexibility index (Phi) is 4.74. The molecule has 2 N–H and O–H groups in total. The van der Waals surface area contributed by atoms with Crippen molar-refractivity contribution in [2.24, 2.45) is 0 Å². The third-order valence-corrected chi connectivity index (χ3v) is 4.51. The normalized spacial score (nSPS) is 13.4. The van der Waals surface area contributed by atoms with Crippen LogP contribution in [0.5, 0.6) is 0 Å². The number of aliphatic hydroxyl groups is 1. The van der Waals surface area contributed by atoms with Crippen molar-refractivity contribution in [1.82, 2.24) is 15.0 Å². The van der Waals surface area contributed by atoms with E-state index in [1.54, 1.807) is 12.4 Å². The molecule has 9 heteroatoms.